The van der Waals surface area contributed by atoms with E-state index in [0.717, 1.165) is 24.0 Å². The van der Waals surface area contributed by atoms with Crippen LogP contribution in [0.5, 0.6) is 0 Å². The van der Waals surface area contributed by atoms with Crippen LogP contribution in [0.2, 0.25) is 0 Å². The summed E-state index contributed by atoms with van der Waals surface area (Å²) in [4.78, 5) is 5.20. The van der Waals surface area contributed by atoms with Crippen molar-refractivity contribution in [1.82, 2.24) is 0 Å². The van der Waals surface area contributed by atoms with Crippen molar-refractivity contribution in [3.63, 3.8) is 0 Å². The average Bonchev–Trinajstić information content (AvgIpc) is 4.06. The van der Waals surface area contributed by atoms with Gasteiger partial charge in [-0.2, -0.15) is 0 Å². The minimum atomic E-state index is 1.12. The molecule has 7 aromatic rings. The fourth-order valence-electron chi connectivity index (χ4n) is 8.97. The lowest BCUT2D eigenvalue weighted by Gasteiger charge is -2.12. The molecule has 0 unspecified atom stereocenters. The van der Waals surface area contributed by atoms with E-state index in [1.165, 1.54) is 201 Å². The molecule has 0 fully saturated rings. The van der Waals surface area contributed by atoms with Crippen LogP contribution in [0.4, 0.5) is 0 Å². The van der Waals surface area contributed by atoms with Gasteiger partial charge in [0.2, 0.25) is 0 Å². The average molecular weight is 867 g/mol. The van der Waals surface area contributed by atoms with Crippen molar-refractivity contribution >= 4 is 87.1 Å². The number of rotatable bonds is 22. The molecular formula is C56H66S4. The lowest BCUT2D eigenvalue weighted by molar-refractivity contribution is 0.556. The predicted octanol–water partition coefficient (Wildman–Crippen LogP) is 18.9. The number of hydrogen-bond acceptors (Lipinski definition) is 4. The molecule has 4 heteroatoms. The van der Waals surface area contributed by atoms with E-state index >= 15 is 0 Å². The van der Waals surface area contributed by atoms with E-state index in [0.29, 0.717) is 0 Å². The van der Waals surface area contributed by atoms with E-state index in [1.807, 2.05) is 45.3 Å². The van der Waals surface area contributed by atoms with Crippen LogP contribution in [-0.4, -0.2) is 0 Å². The molecule has 0 N–H and O–H groups in total. The highest BCUT2D eigenvalue weighted by atomic mass is 32.1. The summed E-state index contributed by atoms with van der Waals surface area (Å²) in [5, 5.41) is 11.9. The summed E-state index contributed by atoms with van der Waals surface area (Å²) in [5.74, 6) is 15.2. The van der Waals surface area contributed by atoms with E-state index in [4.69, 9.17) is 0 Å². The van der Waals surface area contributed by atoms with Gasteiger partial charge in [0.1, 0.15) is 0 Å². The third-order valence-electron chi connectivity index (χ3n) is 12.3. The van der Waals surface area contributed by atoms with E-state index in [9.17, 15) is 0 Å². The summed E-state index contributed by atoms with van der Waals surface area (Å²) in [7, 11) is 0. The van der Waals surface area contributed by atoms with E-state index in [2.05, 4.69) is 111 Å². The molecule has 0 spiro atoms. The van der Waals surface area contributed by atoms with E-state index in [-0.39, 0.29) is 0 Å². The Kier molecular flexibility index (Phi) is 17.3. The molecule has 4 heterocycles. The highest BCUT2D eigenvalue weighted by molar-refractivity contribution is 7.17. The first kappa shape index (κ1) is 44.7. The van der Waals surface area contributed by atoms with Crippen molar-refractivity contribution in [2.24, 2.45) is 0 Å². The van der Waals surface area contributed by atoms with Gasteiger partial charge in [-0.15, -0.1) is 45.3 Å². The van der Waals surface area contributed by atoms with Crippen LogP contribution >= 0.6 is 45.3 Å². The molecule has 0 aliphatic rings. The summed E-state index contributed by atoms with van der Waals surface area (Å²) >= 11 is 7.38. The minimum absolute atomic E-state index is 1.12. The smallest absolute Gasteiger partial charge is 0.0806 e. The molecule has 0 nitrogen and oxygen atoms in total. The first-order chi connectivity index (χ1) is 29.5. The normalized spacial score (nSPS) is 11.5. The Bertz CT molecular complexity index is 2310. The quantitative estimate of drug-likeness (QED) is 0.0362. The molecule has 0 amide bonds. The van der Waals surface area contributed by atoms with Crippen LogP contribution in [0, 0.1) is 37.5 Å². The number of benzene rings is 3. The van der Waals surface area contributed by atoms with Crippen LogP contribution in [0.25, 0.3) is 41.7 Å². The Balaban J connectivity index is 1.16. The lowest BCUT2D eigenvalue weighted by atomic mass is 9.90. The maximum absolute atomic E-state index is 3.84. The monoisotopic (exact) mass is 866 g/mol. The van der Waals surface area contributed by atoms with E-state index < -0.39 is 0 Å². The highest BCUT2D eigenvalue weighted by Crippen LogP contribution is 2.39. The van der Waals surface area contributed by atoms with Gasteiger partial charge in [-0.25, -0.2) is 0 Å². The largest absolute Gasteiger partial charge is 0.144 e. The Morgan fingerprint density at radius 1 is 0.400 bits per heavy atom. The fourth-order valence-corrected chi connectivity index (χ4v) is 12.4. The van der Waals surface area contributed by atoms with Crippen molar-refractivity contribution < 1.29 is 0 Å². The van der Waals surface area contributed by atoms with Gasteiger partial charge in [-0.3, -0.25) is 0 Å². The summed E-state index contributed by atoms with van der Waals surface area (Å²) in [6.07, 6.45) is 29.5. The Morgan fingerprint density at radius 2 is 0.750 bits per heavy atom. The topological polar surface area (TPSA) is 0 Å². The van der Waals surface area contributed by atoms with Gasteiger partial charge in [0.15, 0.2) is 0 Å². The predicted molar refractivity (Wildman–Crippen MR) is 273 cm³/mol. The number of unbranched alkanes of at least 4 members (excludes halogenated alkanes) is 18. The van der Waals surface area contributed by atoms with Crippen molar-refractivity contribution in [3.05, 3.63) is 101 Å². The molecule has 0 atom stereocenters. The summed E-state index contributed by atoms with van der Waals surface area (Å²) in [5.41, 5.74) is 5.14. The van der Waals surface area contributed by atoms with Crippen molar-refractivity contribution in [2.45, 2.75) is 169 Å². The van der Waals surface area contributed by atoms with Gasteiger partial charge >= 0.3 is 0 Å². The summed E-state index contributed by atoms with van der Waals surface area (Å²) in [6, 6.07) is 18.9. The fraction of sp³-hybridized carbons (Fsp3) is 0.464. The molecule has 314 valence electrons. The molecular weight excluding hydrogens is 801 g/mol. The summed E-state index contributed by atoms with van der Waals surface area (Å²) < 4.78 is 2.61. The minimum Gasteiger partial charge on any atom is -0.144 e. The molecule has 0 aliphatic heterocycles. The molecule has 0 bridgehead atoms. The zero-order valence-electron chi connectivity index (χ0n) is 37.0. The first-order valence-electron chi connectivity index (χ1n) is 23.5. The van der Waals surface area contributed by atoms with Gasteiger partial charge in [0.25, 0.3) is 0 Å². The Morgan fingerprint density at radius 3 is 1.13 bits per heavy atom. The van der Waals surface area contributed by atoms with Crippen LogP contribution in [0.1, 0.15) is 184 Å². The lowest BCUT2D eigenvalue weighted by Crippen LogP contribution is -1.92. The number of thiophene rings is 4. The Labute approximate surface area is 378 Å². The van der Waals surface area contributed by atoms with Crippen LogP contribution in [-0.2, 0) is 12.8 Å². The van der Waals surface area contributed by atoms with Crippen LogP contribution in [0.15, 0.2) is 59.3 Å². The SMILES string of the molecule is CCCCCCCCCCCCc1cc(C)sc1C#Cc1c2cc3ccsc3cc2c(C#Cc2sc(C)cc2CCCCCCCCCCCC)c2cc3ccsc3cc12. The Hall–Kier alpha value is -3.38. The second-order valence-electron chi connectivity index (χ2n) is 17.2. The standard InChI is InChI=1S/C56H66S4/c1-5-7-9-11-13-15-17-19-21-23-25-43-35-41(3)59-53(43)29-27-47-49-37-45-31-33-58-56(45)40-52(49)48(50-38-46-32-34-57-55(46)39-51(47)50)28-30-54-44(36-42(4)60-54)26-24-22-20-18-16-14-12-10-8-6-2/h31-40H,5-26H2,1-4H3. The number of fused-ring (bicyclic) bond motifs is 4. The third kappa shape index (κ3) is 12.0. The van der Waals surface area contributed by atoms with Crippen molar-refractivity contribution in [1.29, 1.82) is 0 Å². The second-order valence-corrected chi connectivity index (χ2v) is 21.7. The summed E-state index contributed by atoms with van der Waals surface area (Å²) in [6.45, 7) is 9.09. The third-order valence-corrected chi connectivity index (χ3v) is 16.1. The first-order valence-corrected chi connectivity index (χ1v) is 26.9. The van der Waals surface area contributed by atoms with Crippen LogP contribution in [0.3, 0.4) is 0 Å². The zero-order valence-corrected chi connectivity index (χ0v) is 40.2. The van der Waals surface area contributed by atoms with Gasteiger partial charge in [0, 0.05) is 41.1 Å². The number of hydrogen-bond donors (Lipinski definition) is 0. The maximum atomic E-state index is 3.84. The highest BCUT2D eigenvalue weighted by Gasteiger charge is 2.16. The molecule has 7 rings (SSSR count). The van der Waals surface area contributed by atoms with Crippen molar-refractivity contribution in [3.8, 4) is 23.7 Å². The zero-order chi connectivity index (χ0) is 41.5. The van der Waals surface area contributed by atoms with Gasteiger partial charge in [-0.05, 0) is 131 Å². The second kappa shape index (κ2) is 23.2. The number of aryl methyl sites for hydroxylation is 4. The molecule has 4 aromatic heterocycles. The van der Waals surface area contributed by atoms with Gasteiger partial charge in [-0.1, -0.05) is 153 Å². The van der Waals surface area contributed by atoms with Gasteiger partial charge < -0.3 is 0 Å². The maximum Gasteiger partial charge on any atom is 0.0806 e. The molecule has 0 saturated carbocycles. The van der Waals surface area contributed by atoms with E-state index in [1.54, 1.807) is 0 Å². The molecule has 0 saturated heterocycles. The molecule has 60 heavy (non-hydrogen) atoms. The van der Waals surface area contributed by atoms with Crippen LogP contribution < -0.4 is 0 Å². The molecule has 0 radical (unpaired) electrons. The van der Waals surface area contributed by atoms with Crippen molar-refractivity contribution in [2.75, 3.05) is 0 Å². The molecule has 3 aromatic carbocycles. The van der Waals surface area contributed by atoms with Gasteiger partial charge in [0.05, 0.1) is 9.75 Å². The molecule has 0 aliphatic carbocycles.